The molecule has 256 valence electrons. The molecule has 6 atom stereocenters. The van der Waals surface area contributed by atoms with E-state index in [9.17, 15) is 20.1 Å². The van der Waals surface area contributed by atoms with Gasteiger partial charge in [-0.05, 0) is 80.3 Å². The van der Waals surface area contributed by atoms with Gasteiger partial charge in [0.25, 0.3) is 0 Å². The third kappa shape index (κ3) is 10.6. The molecule has 2 aromatic carbocycles. The van der Waals surface area contributed by atoms with E-state index < -0.39 is 23.6 Å². The molecule has 1 fully saturated rings. The monoisotopic (exact) mass is 648 g/mol. The topological polar surface area (TPSA) is 159 Å². The number of carbonyl (C=O) groups is 1. The summed E-state index contributed by atoms with van der Waals surface area (Å²) in [4.78, 5) is 16.2. The molecule has 10 heteroatoms. The van der Waals surface area contributed by atoms with Gasteiger partial charge < -0.3 is 41.2 Å². The van der Waals surface area contributed by atoms with Gasteiger partial charge in [0.15, 0.2) is 17.5 Å². The molecule has 7 N–H and O–H groups in total. The summed E-state index contributed by atoms with van der Waals surface area (Å²) >= 11 is 0. The summed E-state index contributed by atoms with van der Waals surface area (Å²) in [6, 6.07) is 14.0. The van der Waals surface area contributed by atoms with Crippen molar-refractivity contribution >= 4 is 11.9 Å². The van der Waals surface area contributed by atoms with E-state index in [0.717, 1.165) is 37.8 Å². The molecule has 47 heavy (non-hydrogen) atoms. The molecule has 0 aromatic heterocycles. The first-order valence-corrected chi connectivity index (χ1v) is 16.8. The second kappa shape index (κ2) is 17.4. The minimum Gasteiger partial charge on any atom is -0.504 e. The van der Waals surface area contributed by atoms with Crippen LogP contribution in [0.4, 0.5) is 0 Å². The Kier molecular flexibility index (Phi) is 13.3. The molecule has 1 heterocycles. The number of hydrogen-bond donors (Lipinski definition) is 6. The SMILES string of the molecule is CC[C@]1(CNC(N)=NC)C#CC[C@H](Cc2cc(O[C@@H]3CCN[C@H](Cc4ccccc4)C3)c(O)cc2CO)[C@@H](OC(C)=O)C[C@@H](O)CC1. The van der Waals surface area contributed by atoms with Gasteiger partial charge in [-0.3, -0.25) is 9.79 Å². The van der Waals surface area contributed by atoms with E-state index in [2.05, 4.69) is 46.5 Å². The highest BCUT2D eigenvalue weighted by Gasteiger charge is 2.33. The van der Waals surface area contributed by atoms with E-state index in [1.54, 1.807) is 19.2 Å². The molecule has 0 unspecified atom stereocenters. The molecule has 1 aliphatic heterocycles. The molecule has 1 saturated heterocycles. The standard InChI is InChI=1S/C37H52N4O6/c1-4-37(24-41-36(38)39-3)14-8-11-27(34(46-25(2)43)22-31(44)12-15-37)18-28-20-35(33(45)19-29(28)23-42)47-32-13-16-40-30(21-32)17-26-9-6-5-7-10-26/h5-7,9-10,19-20,27,30-32,34,40,42,44-45H,4,11-13,15-18,21-24H2,1-3H3,(H3,38,39,41)/t27-,30-,31+,32-,34+,37+/m1/s1. The third-order valence-corrected chi connectivity index (χ3v) is 9.55. The zero-order valence-corrected chi connectivity index (χ0v) is 28.0. The Morgan fingerprint density at radius 1 is 1.17 bits per heavy atom. The summed E-state index contributed by atoms with van der Waals surface area (Å²) in [6.07, 6.45) is 4.07. The van der Waals surface area contributed by atoms with E-state index in [0.29, 0.717) is 49.5 Å². The molecule has 0 saturated carbocycles. The van der Waals surface area contributed by atoms with Crippen molar-refractivity contribution in [3.63, 3.8) is 0 Å². The van der Waals surface area contributed by atoms with E-state index >= 15 is 0 Å². The van der Waals surface area contributed by atoms with E-state index in [1.807, 2.05) is 18.2 Å². The fourth-order valence-electron chi connectivity index (χ4n) is 6.68. The minimum atomic E-state index is -0.704. The number of phenolic OH excluding ortho intramolecular Hbond substituents is 1. The van der Waals surface area contributed by atoms with Crippen molar-refractivity contribution in [2.75, 3.05) is 20.1 Å². The van der Waals surface area contributed by atoms with Gasteiger partial charge in [0.1, 0.15) is 12.2 Å². The van der Waals surface area contributed by atoms with E-state index in [-0.39, 0.29) is 36.8 Å². The van der Waals surface area contributed by atoms with Crippen molar-refractivity contribution in [1.82, 2.24) is 10.6 Å². The molecule has 1 aliphatic carbocycles. The molecule has 0 spiro atoms. The van der Waals surface area contributed by atoms with Crippen LogP contribution in [-0.4, -0.2) is 71.7 Å². The van der Waals surface area contributed by atoms with Crippen LogP contribution < -0.4 is 21.1 Å². The first-order chi connectivity index (χ1) is 22.6. The molecule has 10 nitrogen and oxygen atoms in total. The maximum absolute atomic E-state index is 12.2. The number of aliphatic hydroxyl groups excluding tert-OH is 2. The first kappa shape index (κ1) is 36.1. The number of rotatable bonds is 11. The Hall–Kier alpha value is -3.78. The number of hydrogen-bond acceptors (Lipinski definition) is 8. The predicted octanol–water partition coefficient (Wildman–Crippen LogP) is 3.59. The minimum absolute atomic E-state index is 0.0243. The maximum atomic E-state index is 12.2. The fraction of sp³-hybridized carbons (Fsp3) is 0.568. The number of aliphatic hydroxyl groups is 2. The summed E-state index contributed by atoms with van der Waals surface area (Å²) in [5.41, 5.74) is 8.10. The molecule has 2 aromatic rings. The van der Waals surface area contributed by atoms with Crippen LogP contribution in [-0.2, 0) is 29.0 Å². The summed E-state index contributed by atoms with van der Waals surface area (Å²) in [7, 11) is 1.62. The van der Waals surface area contributed by atoms with Crippen molar-refractivity contribution in [2.24, 2.45) is 22.1 Å². The number of carbonyl (C=O) groups excluding carboxylic acids is 1. The lowest BCUT2D eigenvalue weighted by Gasteiger charge is -2.33. The Morgan fingerprint density at radius 3 is 2.66 bits per heavy atom. The van der Waals surface area contributed by atoms with Gasteiger partial charge in [-0.15, -0.1) is 5.92 Å². The summed E-state index contributed by atoms with van der Waals surface area (Å²) in [6.45, 7) is 4.48. The lowest BCUT2D eigenvalue weighted by Crippen LogP contribution is -2.43. The summed E-state index contributed by atoms with van der Waals surface area (Å²) in [5, 5.41) is 39.1. The van der Waals surface area contributed by atoms with Crippen LogP contribution in [0.15, 0.2) is 47.5 Å². The smallest absolute Gasteiger partial charge is 0.302 e. The van der Waals surface area contributed by atoms with Crippen molar-refractivity contribution in [2.45, 2.75) is 103 Å². The summed E-state index contributed by atoms with van der Waals surface area (Å²) < 4.78 is 12.2. The zero-order valence-electron chi connectivity index (χ0n) is 28.0. The van der Waals surface area contributed by atoms with Crippen LogP contribution in [0.25, 0.3) is 0 Å². The zero-order chi connectivity index (χ0) is 33.8. The van der Waals surface area contributed by atoms with E-state index in [1.165, 1.54) is 12.5 Å². The van der Waals surface area contributed by atoms with Gasteiger partial charge in [0.2, 0.25) is 0 Å². The van der Waals surface area contributed by atoms with Gasteiger partial charge in [-0.2, -0.15) is 0 Å². The maximum Gasteiger partial charge on any atom is 0.302 e. The highest BCUT2D eigenvalue weighted by atomic mass is 16.5. The normalized spacial score (nSPS) is 26.8. The number of benzene rings is 2. The molecule has 4 rings (SSSR count). The fourth-order valence-corrected chi connectivity index (χ4v) is 6.68. The number of aliphatic imine (C=N–C) groups is 1. The lowest BCUT2D eigenvalue weighted by molar-refractivity contribution is -0.151. The second-order valence-electron chi connectivity index (χ2n) is 13.0. The van der Waals surface area contributed by atoms with Gasteiger partial charge in [-0.25, -0.2) is 0 Å². The van der Waals surface area contributed by atoms with Crippen molar-refractivity contribution in [3.8, 4) is 23.3 Å². The molecule has 0 amide bonds. The quantitative estimate of drug-likeness (QED) is 0.0927. The van der Waals surface area contributed by atoms with Gasteiger partial charge >= 0.3 is 5.97 Å². The molecule has 2 aliphatic rings. The number of piperidine rings is 1. The molecule has 0 bridgehead atoms. The number of phenols is 1. The van der Waals surface area contributed by atoms with Gasteiger partial charge in [0.05, 0.1) is 12.7 Å². The Morgan fingerprint density at radius 2 is 1.96 bits per heavy atom. The average molecular weight is 649 g/mol. The Bertz CT molecular complexity index is 1410. The van der Waals surface area contributed by atoms with Gasteiger partial charge in [0, 0.05) is 50.7 Å². The Labute approximate surface area is 279 Å². The highest BCUT2D eigenvalue weighted by Crippen LogP contribution is 2.36. The van der Waals surface area contributed by atoms with Crippen molar-refractivity contribution in [1.29, 1.82) is 0 Å². The van der Waals surface area contributed by atoms with Crippen molar-refractivity contribution in [3.05, 3.63) is 59.2 Å². The van der Waals surface area contributed by atoms with Crippen LogP contribution in [0.1, 0.15) is 75.5 Å². The highest BCUT2D eigenvalue weighted by molar-refractivity contribution is 5.77. The Balaban J connectivity index is 1.58. The molecule has 0 radical (unpaired) electrons. The second-order valence-corrected chi connectivity index (χ2v) is 13.0. The molecular weight excluding hydrogens is 596 g/mol. The number of nitrogens with two attached hydrogens (primary N) is 1. The van der Waals surface area contributed by atoms with Crippen LogP contribution in [0.2, 0.25) is 0 Å². The number of ether oxygens (including phenoxy) is 2. The number of esters is 1. The van der Waals surface area contributed by atoms with Gasteiger partial charge in [-0.1, -0.05) is 43.2 Å². The third-order valence-electron chi connectivity index (χ3n) is 9.55. The predicted molar refractivity (Wildman–Crippen MR) is 183 cm³/mol. The summed E-state index contributed by atoms with van der Waals surface area (Å²) in [5.74, 6) is 6.83. The lowest BCUT2D eigenvalue weighted by atomic mass is 9.77. The number of nitrogens with one attached hydrogen (secondary N) is 2. The average Bonchev–Trinajstić information content (AvgIpc) is 3.06. The van der Waals surface area contributed by atoms with E-state index in [4.69, 9.17) is 15.2 Å². The largest absolute Gasteiger partial charge is 0.504 e. The van der Waals surface area contributed by atoms with Crippen LogP contribution in [0.3, 0.4) is 0 Å². The van der Waals surface area contributed by atoms with Crippen LogP contribution in [0.5, 0.6) is 11.5 Å². The molecular formula is C37H52N4O6. The first-order valence-electron chi connectivity index (χ1n) is 16.8. The van der Waals surface area contributed by atoms with Crippen molar-refractivity contribution < 1.29 is 29.6 Å². The number of aromatic hydroxyl groups is 1. The van der Waals surface area contributed by atoms with Crippen LogP contribution in [0, 0.1) is 23.2 Å². The number of guanidine groups is 1. The van der Waals surface area contributed by atoms with Crippen LogP contribution >= 0.6 is 0 Å². The number of nitrogens with zero attached hydrogens (tertiary/aromatic N) is 1.